The number of hydrogen-bond acceptors (Lipinski definition) is 3. The van der Waals surface area contributed by atoms with Gasteiger partial charge in [0.05, 0.1) is 17.7 Å². The second-order valence-electron chi connectivity index (χ2n) is 5.53. The van der Waals surface area contributed by atoms with Crippen LogP contribution in [0.15, 0.2) is 54.6 Å². The van der Waals surface area contributed by atoms with Crippen LogP contribution in [0.1, 0.15) is 28.8 Å². The highest BCUT2D eigenvalue weighted by atomic mass is 16.4. The van der Waals surface area contributed by atoms with Gasteiger partial charge in [-0.05, 0) is 17.7 Å². The van der Waals surface area contributed by atoms with Crippen molar-refractivity contribution in [3.8, 4) is 0 Å². The van der Waals surface area contributed by atoms with E-state index in [-0.39, 0.29) is 24.7 Å². The zero-order valence-electron chi connectivity index (χ0n) is 13.9. The maximum Gasteiger partial charge on any atom is 0.303 e. The predicted molar refractivity (Wildman–Crippen MR) is 94.3 cm³/mol. The first-order valence-electron chi connectivity index (χ1n) is 7.88. The molecule has 2 amide bonds. The van der Waals surface area contributed by atoms with Crippen molar-refractivity contribution in [1.82, 2.24) is 5.32 Å². The zero-order chi connectivity index (χ0) is 18.2. The summed E-state index contributed by atoms with van der Waals surface area (Å²) >= 11 is 0. The number of nitrogens with one attached hydrogen (secondary N) is 1. The number of nitrogens with zero attached hydrogens (tertiary/aromatic N) is 1. The molecule has 0 spiro atoms. The lowest BCUT2D eigenvalue weighted by Crippen LogP contribution is -2.30. The van der Waals surface area contributed by atoms with Gasteiger partial charge in [0.15, 0.2) is 0 Å². The molecule has 0 radical (unpaired) electrons. The highest BCUT2D eigenvalue weighted by molar-refractivity contribution is 6.04. The van der Waals surface area contributed by atoms with E-state index in [4.69, 9.17) is 5.11 Å². The Morgan fingerprint density at radius 2 is 1.60 bits per heavy atom. The average molecular weight is 340 g/mol. The monoisotopic (exact) mass is 340 g/mol. The van der Waals surface area contributed by atoms with Crippen LogP contribution in [0.25, 0.3) is 0 Å². The fourth-order valence-electron chi connectivity index (χ4n) is 2.35. The maximum absolute atomic E-state index is 12.5. The van der Waals surface area contributed by atoms with Crippen molar-refractivity contribution >= 4 is 23.5 Å². The van der Waals surface area contributed by atoms with Gasteiger partial charge in [0.1, 0.15) is 0 Å². The van der Waals surface area contributed by atoms with Gasteiger partial charge in [-0.2, -0.15) is 0 Å². The van der Waals surface area contributed by atoms with E-state index in [9.17, 15) is 14.4 Å². The van der Waals surface area contributed by atoms with Gasteiger partial charge in [-0.25, -0.2) is 0 Å². The van der Waals surface area contributed by atoms with Crippen molar-refractivity contribution in [3.05, 3.63) is 65.7 Å². The molecular formula is C19H20N2O4. The van der Waals surface area contributed by atoms with Crippen LogP contribution in [0.3, 0.4) is 0 Å². The molecule has 0 unspecified atom stereocenters. The molecular weight excluding hydrogens is 320 g/mol. The van der Waals surface area contributed by atoms with E-state index >= 15 is 0 Å². The van der Waals surface area contributed by atoms with Gasteiger partial charge in [0.25, 0.3) is 5.91 Å². The van der Waals surface area contributed by atoms with Crippen molar-refractivity contribution in [2.45, 2.75) is 19.4 Å². The summed E-state index contributed by atoms with van der Waals surface area (Å²) in [6.07, 6.45) is -0.364. The van der Waals surface area contributed by atoms with E-state index in [0.29, 0.717) is 17.8 Å². The van der Waals surface area contributed by atoms with Crippen LogP contribution in [-0.2, 0) is 16.1 Å². The molecule has 2 N–H and O–H groups in total. The van der Waals surface area contributed by atoms with Crippen LogP contribution in [0.4, 0.5) is 5.69 Å². The van der Waals surface area contributed by atoms with E-state index in [1.54, 1.807) is 24.3 Å². The van der Waals surface area contributed by atoms with E-state index in [0.717, 1.165) is 5.56 Å². The van der Waals surface area contributed by atoms with Gasteiger partial charge in [-0.3, -0.25) is 14.4 Å². The largest absolute Gasteiger partial charge is 0.481 e. The molecule has 0 aliphatic rings. The molecule has 0 saturated heterocycles. The van der Waals surface area contributed by atoms with Gasteiger partial charge < -0.3 is 15.3 Å². The Morgan fingerprint density at radius 1 is 0.960 bits per heavy atom. The molecule has 0 heterocycles. The zero-order valence-corrected chi connectivity index (χ0v) is 13.9. The molecule has 0 aliphatic carbocycles. The molecule has 130 valence electrons. The van der Waals surface area contributed by atoms with Crippen LogP contribution in [0, 0.1) is 0 Å². The smallest absolute Gasteiger partial charge is 0.303 e. The van der Waals surface area contributed by atoms with E-state index in [1.165, 1.54) is 11.9 Å². The van der Waals surface area contributed by atoms with Crippen molar-refractivity contribution in [3.63, 3.8) is 0 Å². The SMILES string of the molecule is CN(C(=O)CCC(=O)O)c1ccccc1C(=O)NCc1ccccc1. The van der Waals surface area contributed by atoms with Crippen molar-refractivity contribution < 1.29 is 19.5 Å². The quantitative estimate of drug-likeness (QED) is 0.810. The van der Waals surface area contributed by atoms with Crippen molar-refractivity contribution in [1.29, 1.82) is 0 Å². The third-order valence-corrected chi connectivity index (χ3v) is 3.73. The van der Waals surface area contributed by atoms with Crippen LogP contribution < -0.4 is 10.2 Å². The molecule has 0 aromatic heterocycles. The summed E-state index contributed by atoms with van der Waals surface area (Å²) in [5.74, 6) is -1.68. The summed E-state index contributed by atoms with van der Waals surface area (Å²) in [5.41, 5.74) is 1.78. The molecule has 0 saturated carbocycles. The van der Waals surface area contributed by atoms with Gasteiger partial charge in [0, 0.05) is 20.0 Å². The fraction of sp³-hybridized carbons (Fsp3) is 0.211. The van der Waals surface area contributed by atoms with E-state index in [2.05, 4.69) is 5.32 Å². The lowest BCUT2D eigenvalue weighted by atomic mass is 10.1. The van der Waals surface area contributed by atoms with Gasteiger partial charge >= 0.3 is 5.97 Å². The first-order valence-corrected chi connectivity index (χ1v) is 7.88. The summed E-state index contributed by atoms with van der Waals surface area (Å²) < 4.78 is 0. The Balaban J connectivity index is 2.09. The average Bonchev–Trinajstić information content (AvgIpc) is 2.64. The lowest BCUT2D eigenvalue weighted by Gasteiger charge is -2.20. The Morgan fingerprint density at radius 3 is 2.28 bits per heavy atom. The minimum Gasteiger partial charge on any atom is -0.481 e. The minimum absolute atomic E-state index is 0.119. The summed E-state index contributed by atoms with van der Waals surface area (Å²) in [4.78, 5) is 36.6. The number of hydrogen-bond donors (Lipinski definition) is 2. The van der Waals surface area contributed by atoms with Crippen LogP contribution in [0.2, 0.25) is 0 Å². The van der Waals surface area contributed by atoms with Gasteiger partial charge in [0.2, 0.25) is 5.91 Å². The Labute approximate surface area is 146 Å². The van der Waals surface area contributed by atoms with Crippen LogP contribution in [-0.4, -0.2) is 29.9 Å². The van der Waals surface area contributed by atoms with E-state index < -0.39 is 5.97 Å². The molecule has 0 bridgehead atoms. The number of carbonyl (C=O) groups excluding carboxylic acids is 2. The number of carbonyl (C=O) groups is 3. The highest BCUT2D eigenvalue weighted by Crippen LogP contribution is 2.20. The number of rotatable bonds is 7. The first kappa shape index (κ1) is 18.2. The maximum atomic E-state index is 12.5. The number of para-hydroxylation sites is 1. The third-order valence-electron chi connectivity index (χ3n) is 3.73. The molecule has 2 aromatic carbocycles. The lowest BCUT2D eigenvalue weighted by molar-refractivity contribution is -0.138. The van der Waals surface area contributed by atoms with Crippen molar-refractivity contribution in [2.24, 2.45) is 0 Å². The molecule has 0 atom stereocenters. The number of amides is 2. The standard InChI is InChI=1S/C19H20N2O4/c1-21(17(22)11-12-18(23)24)16-10-6-5-9-15(16)19(25)20-13-14-7-3-2-4-8-14/h2-10H,11-13H2,1H3,(H,20,25)(H,23,24). The number of anilines is 1. The summed E-state index contributed by atoms with van der Waals surface area (Å²) in [6.45, 7) is 0.380. The molecule has 2 rings (SSSR count). The predicted octanol–water partition coefficient (Wildman–Crippen LogP) is 2.44. The summed E-state index contributed by atoms with van der Waals surface area (Å²) in [7, 11) is 1.54. The highest BCUT2D eigenvalue weighted by Gasteiger charge is 2.18. The molecule has 0 fully saturated rings. The van der Waals surface area contributed by atoms with Crippen molar-refractivity contribution in [2.75, 3.05) is 11.9 Å². The second-order valence-corrected chi connectivity index (χ2v) is 5.53. The Hall–Kier alpha value is -3.15. The summed E-state index contributed by atoms with van der Waals surface area (Å²) in [6, 6.07) is 16.3. The number of benzene rings is 2. The molecule has 6 nitrogen and oxygen atoms in total. The normalized spacial score (nSPS) is 10.1. The van der Waals surface area contributed by atoms with Crippen LogP contribution in [0.5, 0.6) is 0 Å². The number of aliphatic carboxylic acids is 1. The van der Waals surface area contributed by atoms with E-state index in [1.807, 2.05) is 30.3 Å². The second kappa shape index (κ2) is 8.63. The molecule has 2 aromatic rings. The molecule has 0 aliphatic heterocycles. The summed E-state index contributed by atoms with van der Waals surface area (Å²) in [5, 5.41) is 11.5. The number of carboxylic acid groups (broad SMARTS) is 1. The van der Waals surface area contributed by atoms with Gasteiger partial charge in [-0.15, -0.1) is 0 Å². The van der Waals surface area contributed by atoms with Crippen LogP contribution >= 0.6 is 0 Å². The topological polar surface area (TPSA) is 86.7 Å². The number of carboxylic acids is 1. The minimum atomic E-state index is -1.03. The molecule has 25 heavy (non-hydrogen) atoms. The van der Waals surface area contributed by atoms with Gasteiger partial charge in [-0.1, -0.05) is 42.5 Å². The fourth-order valence-corrected chi connectivity index (χ4v) is 2.35. The molecule has 6 heteroatoms. The third kappa shape index (κ3) is 5.17. The Kier molecular flexibility index (Phi) is 6.28. The Bertz CT molecular complexity index is 759. The first-order chi connectivity index (χ1) is 12.0.